The highest BCUT2D eigenvalue weighted by Gasteiger charge is 2.30. The summed E-state index contributed by atoms with van der Waals surface area (Å²) in [6.07, 6.45) is -0.758. The Morgan fingerprint density at radius 3 is 2.12 bits per heavy atom. The molecule has 1 aromatic carbocycles. The Balaban J connectivity index is 2.94. The molecule has 0 radical (unpaired) electrons. The van der Waals surface area contributed by atoms with Gasteiger partial charge in [0.1, 0.15) is 11.6 Å². The Labute approximate surface area is 141 Å². The molecular weight excluding hydrogens is 336 g/mol. The number of carbonyl (C=O) groups excluding carboxylic acids is 1. The van der Waals surface area contributed by atoms with Crippen LogP contribution in [0.1, 0.15) is 26.3 Å². The van der Waals surface area contributed by atoms with Crippen molar-refractivity contribution in [2.24, 2.45) is 5.14 Å². The van der Waals surface area contributed by atoms with Gasteiger partial charge in [0.05, 0.1) is 4.90 Å². The zero-order chi connectivity index (χ0) is 18.7. The molecule has 0 saturated heterocycles. The van der Waals surface area contributed by atoms with Crippen molar-refractivity contribution in [2.45, 2.75) is 43.7 Å². The van der Waals surface area contributed by atoms with Gasteiger partial charge in [0.15, 0.2) is 0 Å². The number of nitrogens with two attached hydrogens (primary N) is 1. The summed E-state index contributed by atoms with van der Waals surface area (Å²) in [5.41, 5.74) is -0.198. The Morgan fingerprint density at radius 1 is 1.25 bits per heavy atom. The molecular formula is C15H22N2O6S. The third-order valence-electron chi connectivity index (χ3n) is 3.11. The van der Waals surface area contributed by atoms with Gasteiger partial charge in [-0.3, -0.25) is 4.90 Å². The van der Waals surface area contributed by atoms with E-state index in [0.717, 1.165) is 4.90 Å². The highest BCUT2D eigenvalue weighted by atomic mass is 32.2. The summed E-state index contributed by atoms with van der Waals surface area (Å²) in [6.45, 7) is 5.04. The highest BCUT2D eigenvalue weighted by molar-refractivity contribution is 7.89. The summed E-state index contributed by atoms with van der Waals surface area (Å²) in [4.78, 5) is 24.4. The zero-order valence-corrected chi connectivity index (χ0v) is 14.8. The van der Waals surface area contributed by atoms with Crippen molar-refractivity contribution >= 4 is 22.1 Å². The maximum Gasteiger partial charge on any atom is 0.410 e. The van der Waals surface area contributed by atoms with Crippen molar-refractivity contribution in [3.05, 3.63) is 29.8 Å². The molecule has 134 valence electrons. The average molecular weight is 358 g/mol. The van der Waals surface area contributed by atoms with Gasteiger partial charge in [0, 0.05) is 13.5 Å². The number of ether oxygens (including phenoxy) is 1. The molecule has 1 rings (SSSR count). The van der Waals surface area contributed by atoms with Gasteiger partial charge in [0.25, 0.3) is 0 Å². The molecule has 0 unspecified atom stereocenters. The summed E-state index contributed by atoms with van der Waals surface area (Å²) in [5.74, 6) is -1.20. The van der Waals surface area contributed by atoms with Crippen molar-refractivity contribution in [3.63, 3.8) is 0 Å². The molecule has 0 aliphatic heterocycles. The number of primary sulfonamides is 1. The van der Waals surface area contributed by atoms with Crippen LogP contribution in [0, 0.1) is 0 Å². The van der Waals surface area contributed by atoms with E-state index >= 15 is 0 Å². The first-order valence-electron chi connectivity index (χ1n) is 7.11. The second kappa shape index (κ2) is 7.18. The Bertz CT molecular complexity index is 706. The number of carboxylic acids is 1. The second-order valence-corrected chi connectivity index (χ2v) is 7.90. The first-order chi connectivity index (χ1) is 10.8. The third kappa shape index (κ3) is 5.82. The molecule has 1 amide bonds. The monoisotopic (exact) mass is 358 g/mol. The van der Waals surface area contributed by atoms with Gasteiger partial charge in [-0.2, -0.15) is 0 Å². The largest absolute Gasteiger partial charge is 0.480 e. The fourth-order valence-electron chi connectivity index (χ4n) is 1.89. The first-order valence-corrected chi connectivity index (χ1v) is 8.66. The van der Waals surface area contributed by atoms with E-state index < -0.39 is 33.7 Å². The van der Waals surface area contributed by atoms with Crippen LogP contribution in [-0.2, 0) is 26.0 Å². The lowest BCUT2D eigenvalue weighted by Crippen LogP contribution is -2.46. The van der Waals surface area contributed by atoms with Crippen LogP contribution in [0.4, 0.5) is 4.79 Å². The first kappa shape index (κ1) is 19.9. The molecule has 3 N–H and O–H groups in total. The van der Waals surface area contributed by atoms with Crippen molar-refractivity contribution < 1.29 is 27.9 Å². The molecule has 0 aromatic heterocycles. The Hall–Kier alpha value is -2.13. The smallest absolute Gasteiger partial charge is 0.410 e. The fraction of sp³-hybridized carbons (Fsp3) is 0.467. The average Bonchev–Trinajstić information content (AvgIpc) is 2.41. The minimum absolute atomic E-state index is 0.00399. The predicted molar refractivity (Wildman–Crippen MR) is 86.9 cm³/mol. The SMILES string of the molecule is CN(C(=O)OC(C)(C)C)[C@H](Cc1ccc(S(N)(=O)=O)cc1)C(=O)O. The third-order valence-corrected chi connectivity index (χ3v) is 4.04. The van der Waals surface area contributed by atoms with Crippen LogP contribution in [0.2, 0.25) is 0 Å². The zero-order valence-electron chi connectivity index (χ0n) is 14.0. The van der Waals surface area contributed by atoms with Crippen molar-refractivity contribution in [3.8, 4) is 0 Å². The summed E-state index contributed by atoms with van der Waals surface area (Å²) in [6, 6.07) is 4.34. The molecule has 24 heavy (non-hydrogen) atoms. The van der Waals surface area contributed by atoms with Gasteiger partial charge in [-0.05, 0) is 38.5 Å². The molecule has 0 spiro atoms. The fourth-order valence-corrected chi connectivity index (χ4v) is 2.40. The number of amides is 1. The Morgan fingerprint density at radius 2 is 1.75 bits per heavy atom. The molecule has 9 heteroatoms. The molecule has 0 aliphatic rings. The number of rotatable bonds is 5. The maximum atomic E-state index is 12.0. The number of likely N-dealkylation sites (N-methyl/N-ethyl adjacent to an activating group) is 1. The number of sulfonamides is 1. The topological polar surface area (TPSA) is 127 Å². The van der Waals surface area contributed by atoms with Crippen molar-refractivity contribution in [2.75, 3.05) is 7.05 Å². The van der Waals surface area contributed by atoms with Crippen LogP contribution >= 0.6 is 0 Å². The summed E-state index contributed by atoms with van der Waals surface area (Å²) >= 11 is 0. The molecule has 0 heterocycles. The maximum absolute atomic E-state index is 12.0. The van der Waals surface area contributed by atoms with Crippen LogP contribution in [0.5, 0.6) is 0 Å². The lowest BCUT2D eigenvalue weighted by atomic mass is 10.1. The summed E-state index contributed by atoms with van der Waals surface area (Å²) in [7, 11) is -2.48. The molecule has 0 bridgehead atoms. The van der Waals surface area contributed by atoms with E-state index in [0.29, 0.717) is 5.56 Å². The van der Waals surface area contributed by atoms with Crippen LogP contribution in [-0.4, -0.2) is 49.2 Å². The van der Waals surface area contributed by atoms with Gasteiger partial charge in [0.2, 0.25) is 10.0 Å². The minimum atomic E-state index is -3.82. The summed E-state index contributed by atoms with van der Waals surface area (Å²) < 4.78 is 27.6. The molecule has 0 aliphatic carbocycles. The van der Waals surface area contributed by atoms with Gasteiger partial charge >= 0.3 is 12.1 Å². The number of nitrogens with zero attached hydrogens (tertiary/aromatic N) is 1. The van der Waals surface area contributed by atoms with E-state index in [2.05, 4.69) is 0 Å². The quantitative estimate of drug-likeness (QED) is 0.814. The standard InChI is InChI=1S/C15H22N2O6S/c1-15(2,3)23-14(20)17(4)12(13(18)19)9-10-5-7-11(8-6-10)24(16,21)22/h5-8,12H,9H2,1-4H3,(H,18,19)(H2,16,21,22)/t12-/m1/s1. The van der Waals surface area contributed by atoms with Crippen LogP contribution in [0.3, 0.4) is 0 Å². The number of aliphatic carboxylic acids is 1. The molecule has 8 nitrogen and oxygen atoms in total. The van der Waals surface area contributed by atoms with Crippen LogP contribution in [0.25, 0.3) is 0 Å². The van der Waals surface area contributed by atoms with Gasteiger partial charge in [-0.1, -0.05) is 12.1 Å². The molecule has 0 fully saturated rings. The lowest BCUT2D eigenvalue weighted by molar-refractivity contribution is -0.142. The molecule has 1 atom stereocenters. The molecule has 0 saturated carbocycles. The van der Waals surface area contributed by atoms with E-state index in [1.807, 2.05) is 0 Å². The van der Waals surface area contributed by atoms with Gasteiger partial charge < -0.3 is 9.84 Å². The highest BCUT2D eigenvalue weighted by Crippen LogP contribution is 2.15. The van der Waals surface area contributed by atoms with E-state index in [-0.39, 0.29) is 11.3 Å². The lowest BCUT2D eigenvalue weighted by Gasteiger charge is -2.28. The van der Waals surface area contributed by atoms with Crippen LogP contribution in [0.15, 0.2) is 29.2 Å². The van der Waals surface area contributed by atoms with E-state index in [1.165, 1.54) is 31.3 Å². The number of hydrogen-bond acceptors (Lipinski definition) is 5. The number of benzene rings is 1. The number of hydrogen-bond donors (Lipinski definition) is 2. The molecule has 1 aromatic rings. The van der Waals surface area contributed by atoms with Crippen molar-refractivity contribution in [1.82, 2.24) is 4.90 Å². The van der Waals surface area contributed by atoms with Gasteiger partial charge in [-0.15, -0.1) is 0 Å². The van der Waals surface area contributed by atoms with Gasteiger partial charge in [-0.25, -0.2) is 23.1 Å². The minimum Gasteiger partial charge on any atom is -0.480 e. The Kier molecular flexibility index (Phi) is 5.96. The van der Waals surface area contributed by atoms with Crippen LogP contribution < -0.4 is 5.14 Å². The predicted octanol–water partition coefficient (Wildman–Crippen LogP) is 1.20. The number of carbonyl (C=O) groups is 2. The van der Waals surface area contributed by atoms with Crippen molar-refractivity contribution in [1.29, 1.82) is 0 Å². The summed E-state index contributed by atoms with van der Waals surface area (Å²) in [5, 5.41) is 14.4. The second-order valence-electron chi connectivity index (χ2n) is 6.34. The number of carboxylic acid groups (broad SMARTS) is 1. The van der Waals surface area contributed by atoms with E-state index in [9.17, 15) is 23.1 Å². The van der Waals surface area contributed by atoms with E-state index in [1.54, 1.807) is 20.8 Å². The normalized spacial score (nSPS) is 13.2. The van der Waals surface area contributed by atoms with E-state index in [4.69, 9.17) is 9.88 Å².